The van der Waals surface area contributed by atoms with E-state index in [1.54, 1.807) is 13.0 Å². The summed E-state index contributed by atoms with van der Waals surface area (Å²) < 4.78 is 40.6. The highest BCUT2D eigenvalue weighted by Crippen LogP contribution is 2.40. The summed E-state index contributed by atoms with van der Waals surface area (Å²) in [5.41, 5.74) is 0.279. The van der Waals surface area contributed by atoms with Crippen LogP contribution in [-0.2, 0) is 0 Å². The molecule has 3 N–H and O–H groups in total. The maximum absolute atomic E-state index is 13.8. The number of nitrogens with one attached hydrogen (secondary N) is 2. The number of hydrogen-bond acceptors (Lipinski definition) is 5. The number of benzene rings is 1. The number of aliphatic hydroxyl groups is 1. The average Bonchev–Trinajstić information content (AvgIpc) is 3.35. The lowest BCUT2D eigenvalue weighted by molar-refractivity contribution is 0.281. The minimum Gasteiger partial charge on any atom is -0.394 e. The molecular formula is C16H17F3N4O. The van der Waals surface area contributed by atoms with Crippen molar-refractivity contribution in [3.63, 3.8) is 0 Å². The van der Waals surface area contributed by atoms with E-state index in [0.717, 1.165) is 18.5 Å². The van der Waals surface area contributed by atoms with Crippen LogP contribution < -0.4 is 10.6 Å². The van der Waals surface area contributed by atoms with E-state index in [2.05, 4.69) is 20.6 Å². The Kier molecular flexibility index (Phi) is 4.57. The van der Waals surface area contributed by atoms with Gasteiger partial charge in [-0.25, -0.2) is 18.2 Å². The van der Waals surface area contributed by atoms with Crippen LogP contribution in [0.1, 0.15) is 31.4 Å². The van der Waals surface area contributed by atoms with Gasteiger partial charge in [-0.1, -0.05) is 0 Å². The van der Waals surface area contributed by atoms with E-state index in [-0.39, 0.29) is 24.4 Å². The Morgan fingerprint density at radius 3 is 2.42 bits per heavy atom. The Labute approximate surface area is 137 Å². The Morgan fingerprint density at radius 1 is 1.17 bits per heavy atom. The van der Waals surface area contributed by atoms with Gasteiger partial charge in [-0.3, -0.25) is 0 Å². The highest BCUT2D eigenvalue weighted by atomic mass is 19.1. The van der Waals surface area contributed by atoms with Crippen molar-refractivity contribution in [1.82, 2.24) is 9.97 Å². The van der Waals surface area contributed by atoms with E-state index in [1.807, 2.05) is 0 Å². The SMILES string of the molecule is C[C@H](CO)Nc1nc(Nc2c(F)cc(F)cc2F)cc(C2CC2)n1. The lowest BCUT2D eigenvalue weighted by Gasteiger charge is -2.14. The van der Waals surface area contributed by atoms with Crippen molar-refractivity contribution in [2.75, 3.05) is 17.2 Å². The molecule has 1 saturated carbocycles. The van der Waals surface area contributed by atoms with Gasteiger partial charge in [-0.05, 0) is 19.8 Å². The van der Waals surface area contributed by atoms with Gasteiger partial charge in [0.05, 0.1) is 12.3 Å². The molecule has 5 nitrogen and oxygen atoms in total. The molecule has 1 aromatic heterocycles. The van der Waals surface area contributed by atoms with Gasteiger partial charge in [-0.2, -0.15) is 4.98 Å². The van der Waals surface area contributed by atoms with E-state index < -0.39 is 23.1 Å². The summed E-state index contributed by atoms with van der Waals surface area (Å²) in [6.07, 6.45) is 1.98. The van der Waals surface area contributed by atoms with Crippen LogP contribution >= 0.6 is 0 Å². The summed E-state index contributed by atoms with van der Waals surface area (Å²) in [4.78, 5) is 8.52. The molecule has 0 amide bonds. The van der Waals surface area contributed by atoms with E-state index in [9.17, 15) is 13.2 Å². The minimum atomic E-state index is -1.04. The molecule has 0 unspecified atom stereocenters. The zero-order valence-electron chi connectivity index (χ0n) is 13.0. The van der Waals surface area contributed by atoms with E-state index in [4.69, 9.17) is 5.11 Å². The number of halogens is 3. The van der Waals surface area contributed by atoms with E-state index >= 15 is 0 Å². The highest BCUT2D eigenvalue weighted by Gasteiger charge is 2.26. The molecule has 0 saturated heterocycles. The molecule has 1 fully saturated rings. The van der Waals surface area contributed by atoms with Crippen molar-refractivity contribution in [1.29, 1.82) is 0 Å². The van der Waals surface area contributed by atoms with Crippen molar-refractivity contribution >= 4 is 17.5 Å². The van der Waals surface area contributed by atoms with Crippen LogP contribution in [0.25, 0.3) is 0 Å². The monoisotopic (exact) mass is 338 g/mol. The second-order valence-corrected chi connectivity index (χ2v) is 5.87. The third-order valence-electron chi connectivity index (χ3n) is 3.65. The summed E-state index contributed by atoms with van der Waals surface area (Å²) in [7, 11) is 0. The zero-order valence-corrected chi connectivity index (χ0v) is 13.0. The van der Waals surface area contributed by atoms with E-state index in [0.29, 0.717) is 18.1 Å². The lowest BCUT2D eigenvalue weighted by atomic mass is 10.2. The van der Waals surface area contributed by atoms with Crippen LogP contribution in [0.3, 0.4) is 0 Å². The van der Waals surface area contributed by atoms with Crippen LogP contribution in [0.5, 0.6) is 0 Å². The molecule has 1 aliphatic rings. The number of aliphatic hydroxyl groups excluding tert-OH is 1. The van der Waals surface area contributed by atoms with Crippen molar-refractivity contribution in [2.45, 2.75) is 31.7 Å². The molecule has 0 bridgehead atoms. The summed E-state index contributed by atoms with van der Waals surface area (Å²) in [6.45, 7) is 1.64. The molecule has 1 atom stereocenters. The molecule has 24 heavy (non-hydrogen) atoms. The van der Waals surface area contributed by atoms with Gasteiger partial charge >= 0.3 is 0 Å². The predicted molar refractivity (Wildman–Crippen MR) is 83.8 cm³/mol. The number of nitrogens with zero attached hydrogens (tertiary/aromatic N) is 2. The van der Waals surface area contributed by atoms with Gasteiger partial charge in [0.25, 0.3) is 0 Å². The Bertz CT molecular complexity index is 729. The number of hydrogen-bond donors (Lipinski definition) is 3. The van der Waals surface area contributed by atoms with Gasteiger partial charge in [0.1, 0.15) is 17.3 Å². The van der Waals surface area contributed by atoms with Crippen molar-refractivity contribution < 1.29 is 18.3 Å². The Balaban J connectivity index is 1.92. The molecule has 1 aromatic carbocycles. The maximum Gasteiger partial charge on any atom is 0.225 e. The van der Waals surface area contributed by atoms with Crippen molar-refractivity contribution in [3.05, 3.63) is 41.3 Å². The lowest BCUT2D eigenvalue weighted by Crippen LogP contribution is -2.21. The Morgan fingerprint density at radius 2 is 1.83 bits per heavy atom. The van der Waals surface area contributed by atoms with Gasteiger partial charge < -0.3 is 15.7 Å². The first kappa shape index (κ1) is 16.5. The van der Waals surface area contributed by atoms with Crippen LogP contribution in [-0.4, -0.2) is 27.7 Å². The molecule has 0 aliphatic heterocycles. The molecule has 128 valence electrons. The average molecular weight is 338 g/mol. The topological polar surface area (TPSA) is 70.1 Å². The first-order valence-corrected chi connectivity index (χ1v) is 7.64. The largest absolute Gasteiger partial charge is 0.394 e. The molecule has 0 radical (unpaired) electrons. The zero-order chi connectivity index (χ0) is 17.3. The van der Waals surface area contributed by atoms with Gasteiger partial charge in [0.2, 0.25) is 5.95 Å². The van der Waals surface area contributed by atoms with Crippen LogP contribution in [0.2, 0.25) is 0 Å². The normalized spacial score (nSPS) is 15.2. The van der Waals surface area contributed by atoms with E-state index in [1.165, 1.54) is 0 Å². The molecular weight excluding hydrogens is 321 g/mol. The molecule has 3 rings (SSSR count). The van der Waals surface area contributed by atoms with Crippen LogP contribution in [0, 0.1) is 17.5 Å². The Hall–Kier alpha value is -2.35. The number of aromatic nitrogens is 2. The number of anilines is 3. The summed E-state index contributed by atoms with van der Waals surface area (Å²) >= 11 is 0. The van der Waals surface area contributed by atoms with Gasteiger partial charge in [-0.15, -0.1) is 0 Å². The first-order chi connectivity index (χ1) is 11.5. The van der Waals surface area contributed by atoms with Gasteiger partial charge in [0, 0.05) is 30.2 Å². The van der Waals surface area contributed by atoms with Crippen molar-refractivity contribution in [3.8, 4) is 0 Å². The summed E-state index contributed by atoms with van der Waals surface area (Å²) in [6, 6.07) is 2.55. The standard InChI is InChI=1S/C16H17F3N4O/c1-8(7-24)20-16-21-13(9-2-3-9)6-14(23-16)22-15-11(18)4-10(17)5-12(15)19/h4-6,8-9,24H,2-3,7H2,1H3,(H2,20,21,22,23)/t8-/m1/s1. The molecule has 1 aliphatic carbocycles. The molecule has 8 heteroatoms. The quantitative estimate of drug-likeness (QED) is 0.754. The van der Waals surface area contributed by atoms with Crippen molar-refractivity contribution in [2.24, 2.45) is 0 Å². The fourth-order valence-electron chi connectivity index (χ4n) is 2.24. The highest BCUT2D eigenvalue weighted by molar-refractivity contribution is 5.59. The fraction of sp³-hybridized carbons (Fsp3) is 0.375. The third-order valence-corrected chi connectivity index (χ3v) is 3.65. The summed E-state index contributed by atoms with van der Waals surface area (Å²) in [5.74, 6) is -2.33. The number of rotatable bonds is 6. The smallest absolute Gasteiger partial charge is 0.225 e. The fourth-order valence-corrected chi connectivity index (χ4v) is 2.24. The van der Waals surface area contributed by atoms with Gasteiger partial charge in [0.15, 0.2) is 11.6 Å². The first-order valence-electron chi connectivity index (χ1n) is 7.64. The van der Waals surface area contributed by atoms with Crippen LogP contribution in [0.4, 0.5) is 30.6 Å². The predicted octanol–water partition coefficient (Wildman–Crippen LogP) is 3.31. The molecule has 0 spiro atoms. The second-order valence-electron chi connectivity index (χ2n) is 5.87. The third kappa shape index (κ3) is 3.76. The maximum atomic E-state index is 13.8. The summed E-state index contributed by atoms with van der Waals surface area (Å²) in [5, 5.41) is 14.6. The minimum absolute atomic E-state index is 0.110. The molecule has 2 aromatic rings. The van der Waals surface area contributed by atoms with Crippen LogP contribution in [0.15, 0.2) is 18.2 Å². The second kappa shape index (κ2) is 6.64. The molecule has 1 heterocycles.